The molecule has 18 heavy (non-hydrogen) atoms. The van der Waals surface area contributed by atoms with Gasteiger partial charge in [-0.05, 0) is 38.4 Å². The van der Waals surface area contributed by atoms with Crippen LogP contribution < -0.4 is 15.5 Å². The van der Waals surface area contributed by atoms with Crippen LogP contribution in [0, 0.1) is 0 Å². The van der Waals surface area contributed by atoms with Gasteiger partial charge in [-0.1, -0.05) is 0 Å². The van der Waals surface area contributed by atoms with Crippen molar-refractivity contribution in [2.75, 3.05) is 51.5 Å². The first kappa shape index (κ1) is 14.3. The van der Waals surface area contributed by atoms with Crippen LogP contribution in [0.4, 0.5) is 16.2 Å². The van der Waals surface area contributed by atoms with Gasteiger partial charge in [0.2, 0.25) is 0 Å². The van der Waals surface area contributed by atoms with Crippen molar-refractivity contribution in [2.45, 2.75) is 0 Å². The van der Waals surface area contributed by atoms with Crippen LogP contribution in [0.3, 0.4) is 0 Å². The summed E-state index contributed by atoms with van der Waals surface area (Å²) in [5.41, 5.74) is 1.90. The predicted molar refractivity (Wildman–Crippen MR) is 76.3 cm³/mol. The van der Waals surface area contributed by atoms with E-state index in [4.69, 9.17) is 0 Å². The molecule has 2 amide bonds. The van der Waals surface area contributed by atoms with Crippen LogP contribution in [0.5, 0.6) is 0 Å². The molecule has 0 radical (unpaired) electrons. The molecule has 0 unspecified atom stereocenters. The average molecular weight is 250 g/mol. The number of hydrogen-bond acceptors (Lipinski definition) is 3. The zero-order chi connectivity index (χ0) is 13.5. The molecule has 0 saturated heterocycles. The van der Waals surface area contributed by atoms with Gasteiger partial charge < -0.3 is 20.4 Å². The van der Waals surface area contributed by atoms with Gasteiger partial charge in [-0.2, -0.15) is 0 Å². The van der Waals surface area contributed by atoms with Crippen molar-refractivity contribution in [2.24, 2.45) is 0 Å². The Bertz CT molecular complexity index is 373. The highest BCUT2D eigenvalue weighted by atomic mass is 16.2. The predicted octanol–water partition coefficient (Wildman–Crippen LogP) is 1.44. The molecule has 1 rings (SSSR count). The van der Waals surface area contributed by atoms with Crippen LogP contribution in [0.2, 0.25) is 0 Å². The van der Waals surface area contributed by atoms with Gasteiger partial charge in [0.1, 0.15) is 0 Å². The summed E-state index contributed by atoms with van der Waals surface area (Å²) in [5.74, 6) is 0. The monoisotopic (exact) mass is 250 g/mol. The van der Waals surface area contributed by atoms with E-state index in [9.17, 15) is 4.79 Å². The van der Waals surface area contributed by atoms with Crippen molar-refractivity contribution in [1.29, 1.82) is 0 Å². The Morgan fingerprint density at radius 1 is 1.11 bits per heavy atom. The molecule has 0 aliphatic rings. The first-order valence-corrected chi connectivity index (χ1v) is 5.96. The number of carbonyl (C=O) groups is 1. The second kappa shape index (κ2) is 6.86. The molecule has 5 heteroatoms. The lowest BCUT2D eigenvalue weighted by Crippen LogP contribution is -2.34. The van der Waals surface area contributed by atoms with Crippen molar-refractivity contribution in [3.8, 4) is 0 Å². The van der Waals surface area contributed by atoms with Gasteiger partial charge in [0, 0.05) is 38.6 Å². The zero-order valence-electron chi connectivity index (χ0n) is 11.5. The Balaban J connectivity index is 2.40. The third-order valence-electron chi connectivity index (χ3n) is 2.49. The number of benzene rings is 1. The first-order valence-electron chi connectivity index (χ1n) is 5.96. The molecule has 1 aromatic carbocycles. The van der Waals surface area contributed by atoms with Crippen molar-refractivity contribution >= 4 is 17.4 Å². The van der Waals surface area contributed by atoms with Gasteiger partial charge in [-0.15, -0.1) is 0 Å². The lowest BCUT2D eigenvalue weighted by Gasteiger charge is -2.14. The number of amides is 2. The lowest BCUT2D eigenvalue weighted by molar-refractivity contribution is 0.250. The molecule has 0 aliphatic heterocycles. The summed E-state index contributed by atoms with van der Waals surface area (Å²) >= 11 is 0. The molecule has 0 aliphatic carbocycles. The van der Waals surface area contributed by atoms with Gasteiger partial charge in [0.15, 0.2) is 0 Å². The second-order valence-electron chi connectivity index (χ2n) is 4.63. The molecule has 0 aromatic heterocycles. The number of hydrogen-bond donors (Lipinski definition) is 2. The van der Waals surface area contributed by atoms with E-state index >= 15 is 0 Å². The summed E-state index contributed by atoms with van der Waals surface area (Å²) in [6.45, 7) is 1.46. The topological polar surface area (TPSA) is 47.6 Å². The van der Waals surface area contributed by atoms with Crippen molar-refractivity contribution in [1.82, 2.24) is 10.2 Å². The van der Waals surface area contributed by atoms with Crippen LogP contribution in [0.25, 0.3) is 0 Å². The standard InChI is InChI=1S/C13H22N4O/c1-16(2)10-9-14-13(18)15-11-5-7-12(8-6-11)17(3)4/h5-8H,9-10H2,1-4H3,(H2,14,15,18). The molecular formula is C13H22N4O. The summed E-state index contributed by atoms with van der Waals surface area (Å²) in [6, 6.07) is 7.54. The fraction of sp³-hybridized carbons (Fsp3) is 0.462. The van der Waals surface area contributed by atoms with E-state index in [1.807, 2.05) is 62.3 Å². The third kappa shape index (κ3) is 5.05. The number of carbonyl (C=O) groups excluding carboxylic acids is 1. The molecule has 100 valence electrons. The summed E-state index contributed by atoms with van der Waals surface area (Å²) in [7, 11) is 7.91. The SMILES string of the molecule is CN(C)CCNC(=O)Nc1ccc(N(C)C)cc1. The Kier molecular flexibility index (Phi) is 5.45. The molecule has 0 bridgehead atoms. The first-order chi connectivity index (χ1) is 8.49. The molecule has 0 heterocycles. The largest absolute Gasteiger partial charge is 0.378 e. The number of rotatable bonds is 5. The summed E-state index contributed by atoms with van der Waals surface area (Å²) < 4.78 is 0. The molecule has 0 saturated carbocycles. The summed E-state index contributed by atoms with van der Waals surface area (Å²) in [6.07, 6.45) is 0. The normalized spacial score (nSPS) is 10.3. The second-order valence-corrected chi connectivity index (χ2v) is 4.63. The Morgan fingerprint density at radius 2 is 1.72 bits per heavy atom. The summed E-state index contributed by atoms with van der Waals surface area (Å²) in [5, 5.41) is 5.59. The average Bonchev–Trinajstić information content (AvgIpc) is 2.29. The van der Waals surface area contributed by atoms with E-state index in [2.05, 4.69) is 10.6 Å². The third-order valence-corrected chi connectivity index (χ3v) is 2.49. The molecule has 0 fully saturated rings. The van der Waals surface area contributed by atoms with Crippen LogP contribution in [-0.2, 0) is 0 Å². The van der Waals surface area contributed by atoms with Crippen molar-refractivity contribution < 1.29 is 4.79 Å². The molecule has 2 N–H and O–H groups in total. The Hall–Kier alpha value is -1.75. The minimum Gasteiger partial charge on any atom is -0.378 e. The van der Waals surface area contributed by atoms with E-state index in [1.165, 1.54) is 0 Å². The quantitative estimate of drug-likeness (QED) is 0.831. The Morgan fingerprint density at radius 3 is 2.22 bits per heavy atom. The summed E-state index contributed by atoms with van der Waals surface area (Å²) in [4.78, 5) is 15.6. The molecule has 5 nitrogen and oxygen atoms in total. The number of nitrogens with zero attached hydrogens (tertiary/aromatic N) is 2. The van der Waals surface area contributed by atoms with Crippen LogP contribution in [0.15, 0.2) is 24.3 Å². The minimum absolute atomic E-state index is 0.172. The van der Waals surface area contributed by atoms with Gasteiger partial charge in [0.25, 0.3) is 0 Å². The van der Waals surface area contributed by atoms with Crippen molar-refractivity contribution in [3.63, 3.8) is 0 Å². The lowest BCUT2D eigenvalue weighted by atomic mass is 10.2. The number of anilines is 2. The smallest absolute Gasteiger partial charge is 0.319 e. The van der Waals surface area contributed by atoms with E-state index in [1.54, 1.807) is 0 Å². The molecule has 0 spiro atoms. The van der Waals surface area contributed by atoms with Crippen LogP contribution in [-0.4, -0.2) is 52.2 Å². The van der Waals surface area contributed by atoms with Crippen LogP contribution in [0.1, 0.15) is 0 Å². The van der Waals surface area contributed by atoms with E-state index in [0.717, 1.165) is 17.9 Å². The minimum atomic E-state index is -0.172. The fourth-order valence-electron chi connectivity index (χ4n) is 1.41. The molecular weight excluding hydrogens is 228 g/mol. The van der Waals surface area contributed by atoms with Crippen molar-refractivity contribution in [3.05, 3.63) is 24.3 Å². The fourth-order valence-corrected chi connectivity index (χ4v) is 1.41. The van der Waals surface area contributed by atoms with Gasteiger partial charge in [-0.3, -0.25) is 0 Å². The highest BCUT2D eigenvalue weighted by Gasteiger charge is 2.01. The molecule has 0 atom stereocenters. The maximum absolute atomic E-state index is 11.6. The zero-order valence-corrected chi connectivity index (χ0v) is 11.5. The Labute approximate surface area is 109 Å². The van der Waals surface area contributed by atoms with Crippen LogP contribution >= 0.6 is 0 Å². The molecule has 1 aromatic rings. The highest BCUT2D eigenvalue weighted by Crippen LogP contribution is 2.15. The van der Waals surface area contributed by atoms with Gasteiger partial charge >= 0.3 is 6.03 Å². The van der Waals surface area contributed by atoms with Gasteiger partial charge in [-0.25, -0.2) is 4.79 Å². The number of nitrogens with one attached hydrogen (secondary N) is 2. The maximum atomic E-state index is 11.6. The number of urea groups is 1. The highest BCUT2D eigenvalue weighted by molar-refractivity contribution is 5.89. The van der Waals surface area contributed by atoms with E-state index < -0.39 is 0 Å². The number of likely N-dealkylation sites (N-methyl/N-ethyl adjacent to an activating group) is 1. The van der Waals surface area contributed by atoms with E-state index in [-0.39, 0.29) is 6.03 Å². The maximum Gasteiger partial charge on any atom is 0.319 e. The van der Waals surface area contributed by atoms with Gasteiger partial charge in [0.05, 0.1) is 0 Å². The van der Waals surface area contributed by atoms with E-state index in [0.29, 0.717) is 6.54 Å².